The highest BCUT2D eigenvalue weighted by molar-refractivity contribution is 5.33. The van der Waals surface area contributed by atoms with Gasteiger partial charge in [-0.05, 0) is 30.9 Å². The van der Waals surface area contributed by atoms with Gasteiger partial charge in [0.25, 0.3) is 0 Å². The first-order valence-corrected chi connectivity index (χ1v) is 7.22. The number of halogens is 1. The zero-order valence-corrected chi connectivity index (χ0v) is 13.0. The molecule has 0 saturated carbocycles. The summed E-state index contributed by atoms with van der Waals surface area (Å²) < 4.78 is 14.1. The zero-order chi connectivity index (χ0) is 15.8. The maximum atomic E-state index is 14.1. The van der Waals surface area contributed by atoms with E-state index in [9.17, 15) is 4.39 Å². The van der Waals surface area contributed by atoms with E-state index in [0.29, 0.717) is 17.7 Å². The summed E-state index contributed by atoms with van der Waals surface area (Å²) in [6, 6.07) is 3.82. The van der Waals surface area contributed by atoms with Crippen molar-refractivity contribution in [2.24, 2.45) is 5.73 Å². The maximum absolute atomic E-state index is 14.1. The van der Waals surface area contributed by atoms with Crippen molar-refractivity contribution >= 4 is 0 Å². The molecule has 0 radical (unpaired) electrons. The molecule has 0 fully saturated rings. The van der Waals surface area contributed by atoms with E-state index in [2.05, 4.69) is 23.8 Å². The van der Waals surface area contributed by atoms with E-state index in [4.69, 9.17) is 5.73 Å². The molecule has 0 bridgehead atoms. The standard InChI is InChI=1S/C17H26FN3/c1-5-6-7-16(13(3)20-4)21-11-15-9-8-14(10-19)17(18)12(15)2/h5,8-9,16,20-21H,1,3,6-7,10-11,19H2,2,4H3. The second kappa shape index (κ2) is 8.60. The largest absolute Gasteiger partial charge is 0.391 e. The van der Waals surface area contributed by atoms with Crippen LogP contribution in [-0.2, 0) is 13.1 Å². The lowest BCUT2D eigenvalue weighted by Crippen LogP contribution is -2.34. The van der Waals surface area contributed by atoms with Gasteiger partial charge in [-0.1, -0.05) is 24.8 Å². The van der Waals surface area contributed by atoms with Gasteiger partial charge in [-0.25, -0.2) is 4.39 Å². The number of hydrogen-bond acceptors (Lipinski definition) is 3. The summed E-state index contributed by atoms with van der Waals surface area (Å²) in [5.41, 5.74) is 8.60. The Kier molecular flexibility index (Phi) is 7.12. The van der Waals surface area contributed by atoms with Crippen molar-refractivity contribution in [3.63, 3.8) is 0 Å². The van der Waals surface area contributed by atoms with Gasteiger partial charge in [0.2, 0.25) is 0 Å². The molecule has 0 heterocycles. The smallest absolute Gasteiger partial charge is 0.130 e. The SMILES string of the molecule is C=CCCC(NCc1ccc(CN)c(F)c1C)C(=C)NC. The van der Waals surface area contributed by atoms with Crippen LogP contribution in [0.25, 0.3) is 0 Å². The van der Waals surface area contributed by atoms with E-state index in [1.165, 1.54) is 0 Å². The first kappa shape index (κ1) is 17.4. The van der Waals surface area contributed by atoms with Crippen LogP contribution in [0.15, 0.2) is 37.1 Å². The fourth-order valence-electron chi connectivity index (χ4n) is 2.22. The predicted octanol–water partition coefficient (Wildman–Crippen LogP) is 2.75. The minimum absolute atomic E-state index is 0.129. The van der Waals surface area contributed by atoms with Crippen LogP contribution in [0, 0.1) is 12.7 Å². The molecular weight excluding hydrogens is 265 g/mol. The van der Waals surface area contributed by atoms with Gasteiger partial charge >= 0.3 is 0 Å². The first-order valence-electron chi connectivity index (χ1n) is 7.22. The zero-order valence-electron chi connectivity index (χ0n) is 13.0. The molecule has 0 spiro atoms. The number of likely N-dealkylation sites (N-methyl/N-ethyl adjacent to an activating group) is 1. The second-order valence-electron chi connectivity index (χ2n) is 5.10. The third-order valence-electron chi connectivity index (χ3n) is 3.74. The summed E-state index contributed by atoms with van der Waals surface area (Å²) in [6.07, 6.45) is 3.70. The Balaban J connectivity index is 2.77. The molecule has 3 nitrogen and oxygen atoms in total. The van der Waals surface area contributed by atoms with Gasteiger partial charge in [-0.2, -0.15) is 0 Å². The molecule has 1 rings (SSSR count). The molecule has 4 N–H and O–H groups in total. The van der Waals surface area contributed by atoms with Gasteiger partial charge in [0.1, 0.15) is 5.82 Å². The Hall–Kier alpha value is -1.65. The number of rotatable bonds is 9. The highest BCUT2D eigenvalue weighted by atomic mass is 19.1. The van der Waals surface area contributed by atoms with Gasteiger partial charge in [0, 0.05) is 37.4 Å². The number of nitrogens with one attached hydrogen (secondary N) is 2. The van der Waals surface area contributed by atoms with E-state index < -0.39 is 0 Å². The first-order chi connectivity index (χ1) is 10.0. The van der Waals surface area contributed by atoms with Gasteiger partial charge in [-0.15, -0.1) is 6.58 Å². The van der Waals surface area contributed by atoms with Gasteiger partial charge in [0.05, 0.1) is 0 Å². The van der Waals surface area contributed by atoms with Crippen molar-refractivity contribution in [2.75, 3.05) is 7.05 Å². The monoisotopic (exact) mass is 291 g/mol. The average molecular weight is 291 g/mol. The van der Waals surface area contributed by atoms with Crippen LogP contribution in [0.3, 0.4) is 0 Å². The van der Waals surface area contributed by atoms with Gasteiger partial charge < -0.3 is 16.4 Å². The number of benzene rings is 1. The lowest BCUT2D eigenvalue weighted by atomic mass is 10.0. The molecule has 0 aliphatic heterocycles. The molecule has 1 aromatic carbocycles. The van der Waals surface area contributed by atoms with Gasteiger partial charge in [-0.3, -0.25) is 0 Å². The lowest BCUT2D eigenvalue weighted by Gasteiger charge is -2.21. The summed E-state index contributed by atoms with van der Waals surface area (Å²) in [5.74, 6) is -0.202. The molecule has 116 valence electrons. The van der Waals surface area contributed by atoms with Crippen LogP contribution < -0.4 is 16.4 Å². The third-order valence-corrected chi connectivity index (χ3v) is 3.74. The molecular formula is C17H26FN3. The minimum Gasteiger partial charge on any atom is -0.391 e. The van der Waals surface area contributed by atoms with E-state index in [-0.39, 0.29) is 18.4 Å². The molecule has 0 aliphatic carbocycles. The van der Waals surface area contributed by atoms with Crippen LogP contribution in [0.4, 0.5) is 4.39 Å². The minimum atomic E-state index is -0.202. The van der Waals surface area contributed by atoms with Crippen molar-refractivity contribution < 1.29 is 4.39 Å². The summed E-state index contributed by atoms with van der Waals surface area (Å²) in [5, 5.41) is 6.49. The third kappa shape index (κ3) is 4.69. The molecule has 21 heavy (non-hydrogen) atoms. The highest BCUT2D eigenvalue weighted by Gasteiger charge is 2.13. The quantitative estimate of drug-likeness (QED) is 0.613. The normalized spacial score (nSPS) is 12.0. The van der Waals surface area contributed by atoms with E-state index >= 15 is 0 Å². The second-order valence-corrected chi connectivity index (χ2v) is 5.10. The number of allylic oxidation sites excluding steroid dienone is 1. The van der Waals surface area contributed by atoms with Crippen molar-refractivity contribution in [2.45, 2.75) is 38.9 Å². The lowest BCUT2D eigenvalue weighted by molar-refractivity contribution is 0.515. The maximum Gasteiger partial charge on any atom is 0.130 e. The van der Waals surface area contributed by atoms with Crippen LogP contribution in [0.5, 0.6) is 0 Å². The van der Waals surface area contributed by atoms with Crippen molar-refractivity contribution in [1.29, 1.82) is 0 Å². The summed E-state index contributed by atoms with van der Waals surface area (Å²) >= 11 is 0. The Morgan fingerprint density at radius 1 is 1.43 bits per heavy atom. The van der Waals surface area contributed by atoms with Crippen LogP contribution in [0.2, 0.25) is 0 Å². The van der Waals surface area contributed by atoms with E-state index in [1.54, 1.807) is 13.0 Å². The van der Waals surface area contributed by atoms with Crippen molar-refractivity contribution in [3.05, 3.63) is 59.6 Å². The summed E-state index contributed by atoms with van der Waals surface area (Å²) in [7, 11) is 1.85. The topological polar surface area (TPSA) is 50.1 Å². The summed E-state index contributed by atoms with van der Waals surface area (Å²) in [4.78, 5) is 0. The fraction of sp³-hybridized carbons (Fsp3) is 0.412. The van der Waals surface area contributed by atoms with Crippen LogP contribution in [0.1, 0.15) is 29.5 Å². The molecule has 1 aromatic rings. The highest BCUT2D eigenvalue weighted by Crippen LogP contribution is 2.17. The Morgan fingerprint density at radius 2 is 2.10 bits per heavy atom. The molecule has 0 aromatic heterocycles. The Labute approximate surface area is 127 Å². The Bertz CT molecular complexity index is 497. The predicted molar refractivity (Wildman–Crippen MR) is 87.3 cm³/mol. The van der Waals surface area contributed by atoms with E-state index in [0.717, 1.165) is 24.1 Å². The van der Waals surface area contributed by atoms with Crippen molar-refractivity contribution in [1.82, 2.24) is 10.6 Å². The van der Waals surface area contributed by atoms with Gasteiger partial charge in [0.15, 0.2) is 0 Å². The van der Waals surface area contributed by atoms with Crippen molar-refractivity contribution in [3.8, 4) is 0 Å². The van der Waals surface area contributed by atoms with Crippen LogP contribution >= 0.6 is 0 Å². The Morgan fingerprint density at radius 3 is 2.67 bits per heavy atom. The average Bonchev–Trinajstić information content (AvgIpc) is 2.50. The van der Waals surface area contributed by atoms with E-state index in [1.807, 2.05) is 19.2 Å². The molecule has 0 saturated heterocycles. The molecule has 1 unspecified atom stereocenters. The molecule has 0 amide bonds. The number of hydrogen-bond donors (Lipinski definition) is 3. The fourth-order valence-corrected chi connectivity index (χ4v) is 2.22. The molecule has 4 heteroatoms. The molecule has 1 atom stereocenters. The summed E-state index contributed by atoms with van der Waals surface area (Å²) in [6.45, 7) is 10.4. The van der Waals surface area contributed by atoms with Crippen LogP contribution in [-0.4, -0.2) is 13.1 Å². The molecule has 0 aliphatic rings. The number of nitrogens with two attached hydrogens (primary N) is 1.